The molecule has 0 heterocycles. The number of hydrogen-bond donors (Lipinski definition) is 1. The summed E-state index contributed by atoms with van der Waals surface area (Å²) in [7, 11) is 0. The van der Waals surface area contributed by atoms with E-state index in [-0.39, 0.29) is 0 Å². The van der Waals surface area contributed by atoms with Gasteiger partial charge in [-0.25, -0.2) is 0 Å². The molecule has 0 fully saturated rings. The minimum absolute atomic E-state index is 0.321. The lowest BCUT2D eigenvalue weighted by atomic mass is 10.0. The Morgan fingerprint density at radius 1 is 1.12 bits per heavy atom. The van der Waals surface area contributed by atoms with Gasteiger partial charge in [0, 0.05) is 11.1 Å². The maximum atomic E-state index is 6.10. The van der Waals surface area contributed by atoms with Crippen LogP contribution >= 0.6 is 34.8 Å². The number of nitrogens with one attached hydrogen (secondary N) is 1. The van der Waals surface area contributed by atoms with E-state index in [0.717, 1.165) is 12.1 Å². The molecule has 0 bridgehead atoms. The molecule has 0 aliphatic heterocycles. The Morgan fingerprint density at radius 2 is 1.62 bits per heavy atom. The normalized spacial score (nSPS) is 14.6. The first kappa shape index (κ1) is 14.0. The van der Waals surface area contributed by atoms with Crippen molar-refractivity contribution < 1.29 is 0 Å². The van der Waals surface area contributed by atoms with E-state index in [2.05, 4.69) is 26.1 Å². The molecule has 2 atom stereocenters. The van der Waals surface area contributed by atoms with E-state index in [1.807, 2.05) is 0 Å². The van der Waals surface area contributed by atoms with Gasteiger partial charge in [0.1, 0.15) is 0 Å². The molecule has 0 radical (unpaired) electrons. The minimum Gasteiger partial charge on any atom is -0.380 e. The summed E-state index contributed by atoms with van der Waals surface area (Å²) < 4.78 is 0. The van der Waals surface area contributed by atoms with Crippen molar-refractivity contribution in [3.05, 3.63) is 27.2 Å². The Kier molecular flexibility index (Phi) is 5.23. The lowest BCUT2D eigenvalue weighted by Gasteiger charge is -2.22. The third-order valence-electron chi connectivity index (χ3n) is 2.88. The highest BCUT2D eigenvalue weighted by atomic mass is 35.5. The fraction of sp³-hybridized carbons (Fsp3) is 0.500. The Bertz CT molecular complexity index is 342. The van der Waals surface area contributed by atoms with E-state index in [1.54, 1.807) is 12.1 Å². The molecule has 1 aromatic rings. The van der Waals surface area contributed by atoms with Crippen LogP contribution in [0.2, 0.25) is 15.1 Å². The molecule has 0 saturated carbocycles. The fourth-order valence-electron chi connectivity index (χ4n) is 1.40. The molecular weight excluding hydrogens is 264 g/mol. The summed E-state index contributed by atoms with van der Waals surface area (Å²) in [6.45, 7) is 6.47. The molecule has 1 rings (SSSR count). The number of anilines is 1. The van der Waals surface area contributed by atoms with Crippen molar-refractivity contribution in [1.29, 1.82) is 0 Å². The third-order valence-corrected chi connectivity index (χ3v) is 3.69. The van der Waals surface area contributed by atoms with E-state index >= 15 is 0 Å². The standard InChI is InChI=1S/C12H16Cl3N/c1-4-7(2)8(3)16-12-10(14)5-9(13)6-11(12)15/h5-8,16H,4H2,1-3H3. The quantitative estimate of drug-likeness (QED) is 0.768. The molecule has 0 spiro atoms. The second kappa shape index (κ2) is 6.00. The zero-order chi connectivity index (χ0) is 12.3. The van der Waals surface area contributed by atoms with Crippen LogP contribution in [0.1, 0.15) is 27.2 Å². The first-order chi connectivity index (χ1) is 7.45. The van der Waals surface area contributed by atoms with Crippen LogP contribution in [0.5, 0.6) is 0 Å². The lowest BCUT2D eigenvalue weighted by Crippen LogP contribution is -2.23. The average Bonchev–Trinajstić information content (AvgIpc) is 2.21. The van der Waals surface area contributed by atoms with Crippen molar-refractivity contribution in [1.82, 2.24) is 0 Å². The van der Waals surface area contributed by atoms with Crippen LogP contribution in [0.15, 0.2) is 12.1 Å². The van der Waals surface area contributed by atoms with Crippen LogP contribution in [-0.2, 0) is 0 Å². The predicted octanol–water partition coefficient (Wildman–Crippen LogP) is 5.49. The summed E-state index contributed by atoms with van der Waals surface area (Å²) in [6, 6.07) is 3.71. The van der Waals surface area contributed by atoms with E-state index < -0.39 is 0 Å². The minimum atomic E-state index is 0.321. The average molecular weight is 281 g/mol. The second-order valence-electron chi connectivity index (χ2n) is 4.06. The van der Waals surface area contributed by atoms with Gasteiger partial charge in [0.15, 0.2) is 0 Å². The maximum Gasteiger partial charge on any atom is 0.0722 e. The van der Waals surface area contributed by atoms with Crippen molar-refractivity contribution in [2.45, 2.75) is 33.2 Å². The van der Waals surface area contributed by atoms with Gasteiger partial charge >= 0.3 is 0 Å². The van der Waals surface area contributed by atoms with Crippen LogP contribution in [-0.4, -0.2) is 6.04 Å². The molecule has 0 saturated heterocycles. The van der Waals surface area contributed by atoms with E-state index in [0.29, 0.717) is 27.0 Å². The van der Waals surface area contributed by atoms with Crippen LogP contribution < -0.4 is 5.32 Å². The Labute approximate surface area is 112 Å². The van der Waals surface area contributed by atoms with Crippen LogP contribution in [0.25, 0.3) is 0 Å². The number of halogens is 3. The summed E-state index contributed by atoms with van der Waals surface area (Å²) in [5.41, 5.74) is 0.764. The highest BCUT2D eigenvalue weighted by Gasteiger charge is 2.14. The van der Waals surface area contributed by atoms with Crippen LogP contribution in [0.4, 0.5) is 5.69 Å². The van der Waals surface area contributed by atoms with Crippen molar-refractivity contribution in [2.24, 2.45) is 5.92 Å². The zero-order valence-electron chi connectivity index (χ0n) is 9.65. The van der Waals surface area contributed by atoms with Gasteiger partial charge in [0.2, 0.25) is 0 Å². The van der Waals surface area contributed by atoms with Gasteiger partial charge in [0.05, 0.1) is 15.7 Å². The molecule has 4 heteroatoms. The predicted molar refractivity (Wildman–Crippen MR) is 74.0 cm³/mol. The highest BCUT2D eigenvalue weighted by molar-refractivity contribution is 6.41. The molecule has 2 unspecified atom stereocenters. The second-order valence-corrected chi connectivity index (χ2v) is 5.31. The zero-order valence-corrected chi connectivity index (χ0v) is 11.9. The third kappa shape index (κ3) is 3.44. The van der Waals surface area contributed by atoms with Gasteiger partial charge < -0.3 is 5.32 Å². The molecule has 0 aliphatic carbocycles. The Morgan fingerprint density at radius 3 is 2.06 bits per heavy atom. The summed E-state index contributed by atoms with van der Waals surface area (Å²) >= 11 is 18.0. The number of rotatable bonds is 4. The summed E-state index contributed by atoms with van der Waals surface area (Å²) in [6.07, 6.45) is 1.11. The van der Waals surface area contributed by atoms with Gasteiger partial charge in [0.25, 0.3) is 0 Å². The van der Waals surface area contributed by atoms with Crippen molar-refractivity contribution in [2.75, 3.05) is 5.32 Å². The SMILES string of the molecule is CCC(C)C(C)Nc1c(Cl)cc(Cl)cc1Cl. The number of hydrogen-bond acceptors (Lipinski definition) is 1. The van der Waals surface area contributed by atoms with Crippen LogP contribution in [0.3, 0.4) is 0 Å². The summed E-state index contributed by atoms with van der Waals surface area (Å²) in [5.74, 6) is 0.558. The number of benzene rings is 1. The molecule has 1 N–H and O–H groups in total. The van der Waals surface area contributed by atoms with Crippen molar-refractivity contribution in [3.8, 4) is 0 Å². The molecule has 1 aromatic carbocycles. The molecule has 16 heavy (non-hydrogen) atoms. The van der Waals surface area contributed by atoms with Gasteiger partial charge in [-0.2, -0.15) is 0 Å². The smallest absolute Gasteiger partial charge is 0.0722 e. The Hall–Kier alpha value is -0.110. The largest absolute Gasteiger partial charge is 0.380 e. The van der Waals surface area contributed by atoms with Crippen molar-refractivity contribution >= 4 is 40.5 Å². The van der Waals surface area contributed by atoms with Gasteiger partial charge in [-0.05, 0) is 25.0 Å². The summed E-state index contributed by atoms with van der Waals surface area (Å²) in [5, 5.41) is 5.01. The van der Waals surface area contributed by atoms with Gasteiger partial charge in [-0.3, -0.25) is 0 Å². The van der Waals surface area contributed by atoms with E-state index in [1.165, 1.54) is 0 Å². The van der Waals surface area contributed by atoms with Crippen LogP contribution in [0, 0.1) is 5.92 Å². The molecule has 0 aliphatic rings. The first-order valence-corrected chi connectivity index (χ1v) is 6.50. The lowest BCUT2D eigenvalue weighted by molar-refractivity contribution is 0.495. The van der Waals surface area contributed by atoms with Crippen molar-refractivity contribution in [3.63, 3.8) is 0 Å². The first-order valence-electron chi connectivity index (χ1n) is 5.36. The van der Waals surface area contributed by atoms with E-state index in [4.69, 9.17) is 34.8 Å². The molecule has 0 aromatic heterocycles. The van der Waals surface area contributed by atoms with Gasteiger partial charge in [-0.15, -0.1) is 0 Å². The highest BCUT2D eigenvalue weighted by Crippen LogP contribution is 2.34. The topological polar surface area (TPSA) is 12.0 Å². The fourth-order valence-corrected chi connectivity index (χ4v) is 2.33. The Balaban J connectivity index is 2.89. The molecule has 90 valence electrons. The monoisotopic (exact) mass is 279 g/mol. The maximum absolute atomic E-state index is 6.10. The molecular formula is C12H16Cl3N. The van der Waals surface area contributed by atoms with Gasteiger partial charge in [-0.1, -0.05) is 55.1 Å². The molecule has 0 amide bonds. The van der Waals surface area contributed by atoms with E-state index in [9.17, 15) is 0 Å². The molecule has 1 nitrogen and oxygen atoms in total. The summed E-state index contributed by atoms with van der Waals surface area (Å²) in [4.78, 5) is 0.